The molecular formula is C20H19ClO4S2. The van der Waals surface area contributed by atoms with Gasteiger partial charge in [-0.1, -0.05) is 48.2 Å². The second-order valence-electron chi connectivity index (χ2n) is 5.94. The van der Waals surface area contributed by atoms with E-state index in [4.69, 9.17) is 18.6 Å². The third kappa shape index (κ3) is 5.86. The predicted molar refractivity (Wildman–Crippen MR) is 96.6 cm³/mol. The van der Waals surface area contributed by atoms with Crippen LogP contribution in [-0.4, -0.2) is 0 Å². The fraction of sp³-hybridized carbons (Fsp3) is 0.200. The van der Waals surface area contributed by atoms with Crippen molar-refractivity contribution in [2.24, 2.45) is 0 Å². The van der Waals surface area contributed by atoms with Crippen molar-refractivity contribution < 1.29 is 28.9 Å². The molecule has 0 fully saturated rings. The molecule has 1 aliphatic carbocycles. The minimum absolute atomic E-state index is 0.107. The summed E-state index contributed by atoms with van der Waals surface area (Å²) in [4.78, 5) is 7.53. The molecule has 0 spiro atoms. The van der Waals surface area contributed by atoms with Crippen LogP contribution >= 0.6 is 11.8 Å². The molecule has 2 aromatic rings. The molecule has 0 radical (unpaired) electrons. The summed E-state index contributed by atoms with van der Waals surface area (Å²) in [7, 11) is -4.84. The van der Waals surface area contributed by atoms with E-state index in [1.807, 2.05) is 11.8 Å². The second-order valence-corrected chi connectivity index (χ2v) is 9.79. The highest BCUT2D eigenvalue weighted by molar-refractivity contribution is 8.05. The molecule has 0 aromatic heterocycles. The summed E-state index contributed by atoms with van der Waals surface area (Å²) >= 11 is 1.93. The Balaban J connectivity index is 0.000000376. The van der Waals surface area contributed by atoms with E-state index in [1.165, 1.54) is 45.3 Å². The van der Waals surface area contributed by atoms with E-state index in [9.17, 15) is 0 Å². The van der Waals surface area contributed by atoms with E-state index < -0.39 is 10.2 Å². The van der Waals surface area contributed by atoms with Crippen LogP contribution in [0, 0.1) is 10.2 Å². The van der Waals surface area contributed by atoms with Gasteiger partial charge in [-0.05, 0) is 49.6 Å². The van der Waals surface area contributed by atoms with Gasteiger partial charge in [-0.15, -0.1) is 10.2 Å². The number of allylic oxidation sites excluding steroid dienone is 4. The lowest BCUT2D eigenvalue weighted by atomic mass is 10.1. The number of hydrogen-bond donors (Lipinski definition) is 0. The lowest BCUT2D eigenvalue weighted by molar-refractivity contribution is -2.00. The zero-order chi connectivity index (χ0) is 19.3. The van der Waals surface area contributed by atoms with Gasteiger partial charge in [0.15, 0.2) is 9.79 Å². The van der Waals surface area contributed by atoms with Crippen LogP contribution in [0.2, 0.25) is 0 Å². The van der Waals surface area contributed by atoms with Gasteiger partial charge < -0.3 is 0 Å². The maximum absolute atomic E-state index is 8.49. The summed E-state index contributed by atoms with van der Waals surface area (Å²) in [5.74, 6) is 0. The fourth-order valence-electron chi connectivity index (χ4n) is 3.01. The van der Waals surface area contributed by atoms with Crippen molar-refractivity contribution in [1.29, 1.82) is 0 Å². The summed E-state index contributed by atoms with van der Waals surface area (Å²) in [6.45, 7) is 0. The normalized spacial score (nSPS) is 19.9. The lowest BCUT2D eigenvalue weighted by Crippen LogP contribution is -2.68. The van der Waals surface area contributed by atoms with E-state index >= 15 is 0 Å². The standard InChI is InChI=1S/C20H19S2.ClHO4/c1-2-4-10-16(11-5-3-1)22-19-14-8-6-12-17(19)21-18-13-7-9-15-20(18)22;2-1(3,4)5/h1-2,6-9,11-15H,3-5,10H2;(H,2,3,4,5)/q+1;/p-1/b2-1-,16-11+;. The SMILES string of the molecule is C1=C\CC/C([S+]2c3ccccc3Sc3ccccc32)=C\CC/1.[O-][Cl+3]([O-])([O-])[O-]. The molecule has 0 atom stereocenters. The number of halogens is 1. The highest BCUT2D eigenvalue weighted by atomic mass is 35.7. The molecule has 0 unspecified atom stereocenters. The van der Waals surface area contributed by atoms with Crippen molar-refractivity contribution in [3.63, 3.8) is 0 Å². The molecule has 142 valence electrons. The molecule has 1 heterocycles. The Morgan fingerprint density at radius 3 is 1.85 bits per heavy atom. The highest BCUT2D eigenvalue weighted by Crippen LogP contribution is 2.48. The number of fused-ring (bicyclic) bond motifs is 2. The molecule has 0 saturated carbocycles. The Hall–Kier alpha value is -1.25. The molecule has 2 aromatic carbocycles. The van der Waals surface area contributed by atoms with Crippen molar-refractivity contribution >= 4 is 22.7 Å². The highest BCUT2D eigenvalue weighted by Gasteiger charge is 2.38. The first-order valence-electron chi connectivity index (χ1n) is 8.49. The van der Waals surface area contributed by atoms with Crippen molar-refractivity contribution in [1.82, 2.24) is 0 Å². The zero-order valence-corrected chi connectivity index (χ0v) is 16.9. The van der Waals surface area contributed by atoms with Gasteiger partial charge in [0.1, 0.15) is 4.91 Å². The number of rotatable bonds is 1. The molecule has 0 bridgehead atoms. The van der Waals surface area contributed by atoms with E-state index in [2.05, 4.69) is 66.8 Å². The molecule has 27 heavy (non-hydrogen) atoms. The van der Waals surface area contributed by atoms with Crippen LogP contribution in [0.5, 0.6) is 0 Å². The van der Waals surface area contributed by atoms with Gasteiger partial charge in [0.25, 0.3) is 0 Å². The third-order valence-electron chi connectivity index (χ3n) is 4.05. The van der Waals surface area contributed by atoms with E-state index in [0.29, 0.717) is 0 Å². The van der Waals surface area contributed by atoms with Gasteiger partial charge in [0.2, 0.25) is 0 Å². The van der Waals surface area contributed by atoms with Gasteiger partial charge >= 0.3 is 0 Å². The van der Waals surface area contributed by atoms with Crippen molar-refractivity contribution in [2.45, 2.75) is 45.3 Å². The van der Waals surface area contributed by atoms with E-state index in [-0.39, 0.29) is 10.9 Å². The second kappa shape index (κ2) is 9.30. The largest absolute Gasteiger partial charge is 0.222 e. The maximum Gasteiger partial charge on any atom is 0.180 e. The Morgan fingerprint density at radius 2 is 1.26 bits per heavy atom. The fourth-order valence-corrected chi connectivity index (χ4v) is 7.01. The van der Waals surface area contributed by atoms with Crippen LogP contribution in [0.25, 0.3) is 0 Å². The molecule has 2 aliphatic rings. The number of hydrogen-bond acceptors (Lipinski definition) is 5. The Labute approximate surface area is 168 Å². The molecule has 4 nitrogen and oxygen atoms in total. The minimum atomic E-state index is -4.94. The smallest absolute Gasteiger partial charge is 0.180 e. The Kier molecular flexibility index (Phi) is 7.05. The topological polar surface area (TPSA) is 92.2 Å². The molecule has 0 saturated heterocycles. The van der Waals surface area contributed by atoms with Crippen LogP contribution in [-0.2, 0) is 10.9 Å². The van der Waals surface area contributed by atoms with Crippen molar-refractivity contribution in [3.8, 4) is 0 Å². The van der Waals surface area contributed by atoms with Gasteiger partial charge in [0, 0.05) is 6.42 Å². The average Bonchev–Trinajstić information content (AvgIpc) is 2.59. The van der Waals surface area contributed by atoms with Gasteiger partial charge in [-0.3, -0.25) is 0 Å². The van der Waals surface area contributed by atoms with Crippen LogP contribution in [0.15, 0.2) is 91.2 Å². The predicted octanol–water partition coefficient (Wildman–Crippen LogP) is 1.45. The zero-order valence-electron chi connectivity index (χ0n) is 14.5. The summed E-state index contributed by atoms with van der Waals surface area (Å²) < 4.78 is 34.0. The van der Waals surface area contributed by atoms with E-state index in [0.717, 1.165) is 0 Å². The first-order chi connectivity index (χ1) is 12.9. The van der Waals surface area contributed by atoms with Crippen LogP contribution < -0.4 is 18.6 Å². The average molecular weight is 423 g/mol. The van der Waals surface area contributed by atoms with Crippen molar-refractivity contribution in [2.75, 3.05) is 0 Å². The van der Waals surface area contributed by atoms with Gasteiger partial charge in [-0.25, -0.2) is 18.6 Å². The Morgan fingerprint density at radius 1 is 0.741 bits per heavy atom. The first kappa shape index (κ1) is 20.5. The molecule has 4 rings (SSSR count). The lowest BCUT2D eigenvalue weighted by Gasteiger charge is -2.20. The van der Waals surface area contributed by atoms with Gasteiger partial charge in [0.05, 0.1) is 20.7 Å². The monoisotopic (exact) mass is 422 g/mol. The summed E-state index contributed by atoms with van der Waals surface area (Å²) in [5, 5.41) is 0. The van der Waals surface area contributed by atoms with Crippen molar-refractivity contribution in [3.05, 3.63) is 71.7 Å². The molecular weight excluding hydrogens is 404 g/mol. The number of benzene rings is 2. The maximum atomic E-state index is 8.49. The van der Waals surface area contributed by atoms with Crippen LogP contribution in [0.1, 0.15) is 25.7 Å². The van der Waals surface area contributed by atoms with Crippen LogP contribution in [0.4, 0.5) is 0 Å². The molecule has 1 aliphatic heterocycles. The summed E-state index contributed by atoms with van der Waals surface area (Å²) in [6.07, 6.45) is 11.9. The molecule has 0 N–H and O–H groups in total. The first-order valence-corrected chi connectivity index (χ1v) is 11.8. The van der Waals surface area contributed by atoms with Crippen LogP contribution in [0.3, 0.4) is 0 Å². The molecule has 0 amide bonds. The molecule has 7 heteroatoms. The summed E-state index contributed by atoms with van der Waals surface area (Å²) in [5.41, 5.74) is 0. The van der Waals surface area contributed by atoms with E-state index in [1.54, 1.807) is 4.91 Å². The van der Waals surface area contributed by atoms with Gasteiger partial charge in [-0.2, -0.15) is 0 Å². The Bertz CT molecular complexity index is 794. The minimum Gasteiger partial charge on any atom is -0.222 e. The quantitative estimate of drug-likeness (QED) is 0.512. The third-order valence-corrected chi connectivity index (χ3v) is 7.95. The summed E-state index contributed by atoms with van der Waals surface area (Å²) in [6, 6.07) is 17.9.